The number of nitrogens with one attached hydrogen (secondary N) is 2. The highest BCUT2D eigenvalue weighted by atomic mass is 35.5. The molecule has 2 aromatic rings. The molecule has 0 bridgehead atoms. The fourth-order valence-electron chi connectivity index (χ4n) is 2.34. The Morgan fingerprint density at radius 2 is 1.83 bits per heavy atom. The van der Waals surface area contributed by atoms with Gasteiger partial charge in [0.1, 0.15) is 0 Å². The zero-order valence-electron chi connectivity index (χ0n) is 13.6. The Kier molecular flexibility index (Phi) is 6.39. The summed E-state index contributed by atoms with van der Waals surface area (Å²) >= 11 is 11.6. The molecule has 2 N–H and O–H groups in total. The molecule has 0 unspecified atom stereocenters. The molecule has 0 amide bonds. The first kappa shape index (κ1) is 17.7. The predicted molar refractivity (Wildman–Crippen MR) is 103 cm³/mol. The molecule has 0 fully saturated rings. The minimum Gasteiger partial charge on any atom is -0.354 e. The molecular weight excluding hydrogens is 326 g/mol. The number of likely N-dealkylation sites (N-methyl/N-ethyl adjacent to an activating group) is 1. The van der Waals surface area contributed by atoms with Crippen LogP contribution in [0.1, 0.15) is 17.2 Å². The summed E-state index contributed by atoms with van der Waals surface area (Å²) in [5.74, 6) is 0. The molecule has 0 saturated heterocycles. The average Bonchev–Trinajstić information content (AvgIpc) is 2.51. The lowest BCUT2D eigenvalue weighted by atomic mass is 10.1. The predicted octanol–water partition coefficient (Wildman–Crippen LogP) is 4.24. The van der Waals surface area contributed by atoms with E-state index in [9.17, 15) is 0 Å². The molecule has 0 aromatic heterocycles. The second-order valence-electron chi connectivity index (χ2n) is 5.74. The number of hydrogen-bond donors (Lipinski definition) is 2. The van der Waals surface area contributed by atoms with Crippen LogP contribution in [-0.4, -0.2) is 30.7 Å². The van der Waals surface area contributed by atoms with Crippen LogP contribution in [0.25, 0.3) is 0 Å². The minimum atomic E-state index is 0.116. The number of benzene rings is 2. The lowest BCUT2D eigenvalue weighted by Gasteiger charge is -2.24. The largest absolute Gasteiger partial charge is 0.354 e. The van der Waals surface area contributed by atoms with Crippen LogP contribution in [0.5, 0.6) is 0 Å². The number of nitrogens with zero attached hydrogens (tertiary/aromatic N) is 1. The highest BCUT2D eigenvalue weighted by Crippen LogP contribution is 2.23. The van der Waals surface area contributed by atoms with Crippen LogP contribution < -0.4 is 10.6 Å². The molecule has 0 aliphatic carbocycles. The molecule has 2 rings (SSSR count). The van der Waals surface area contributed by atoms with Crippen LogP contribution in [0, 0.1) is 6.92 Å². The molecular formula is C18H22ClN3S. The smallest absolute Gasteiger partial charge is 0.171 e. The Balaban J connectivity index is 2.10. The Bertz CT molecular complexity index is 659. The van der Waals surface area contributed by atoms with Crippen LogP contribution in [0.4, 0.5) is 5.69 Å². The molecule has 1 atom stereocenters. The summed E-state index contributed by atoms with van der Waals surface area (Å²) in [4.78, 5) is 2.14. The van der Waals surface area contributed by atoms with E-state index in [0.717, 1.165) is 22.8 Å². The van der Waals surface area contributed by atoms with Gasteiger partial charge in [0.2, 0.25) is 0 Å². The molecule has 23 heavy (non-hydrogen) atoms. The van der Waals surface area contributed by atoms with Gasteiger partial charge in [-0.1, -0.05) is 48.0 Å². The molecule has 0 radical (unpaired) electrons. The lowest BCUT2D eigenvalue weighted by Crippen LogP contribution is -2.37. The maximum atomic E-state index is 6.16. The maximum absolute atomic E-state index is 6.16. The molecule has 122 valence electrons. The molecule has 0 heterocycles. The first-order valence-electron chi connectivity index (χ1n) is 7.49. The molecule has 0 spiro atoms. The zero-order valence-corrected chi connectivity index (χ0v) is 15.2. The Morgan fingerprint density at radius 3 is 2.48 bits per heavy atom. The van der Waals surface area contributed by atoms with E-state index in [2.05, 4.69) is 41.8 Å². The SMILES string of the molecule is Cc1c(Cl)cccc1NC(=S)N[C@H](CN(C)C)c1ccccc1. The summed E-state index contributed by atoms with van der Waals surface area (Å²) < 4.78 is 0. The Labute approximate surface area is 148 Å². The number of rotatable bonds is 5. The van der Waals surface area contributed by atoms with Gasteiger partial charge in [-0.2, -0.15) is 0 Å². The van der Waals surface area contributed by atoms with Crippen LogP contribution >= 0.6 is 23.8 Å². The highest BCUT2D eigenvalue weighted by molar-refractivity contribution is 7.80. The van der Waals surface area contributed by atoms with Gasteiger partial charge in [0.05, 0.1) is 6.04 Å². The van der Waals surface area contributed by atoms with Crippen molar-refractivity contribution in [1.82, 2.24) is 10.2 Å². The molecule has 5 heteroatoms. The fraction of sp³-hybridized carbons (Fsp3) is 0.278. The zero-order chi connectivity index (χ0) is 16.8. The third-order valence-corrected chi connectivity index (χ3v) is 4.20. The third-order valence-electron chi connectivity index (χ3n) is 3.57. The minimum absolute atomic E-state index is 0.116. The molecule has 3 nitrogen and oxygen atoms in total. The third kappa shape index (κ3) is 5.20. The van der Waals surface area contributed by atoms with Gasteiger partial charge in [-0.05, 0) is 56.5 Å². The quantitative estimate of drug-likeness (QED) is 0.791. The van der Waals surface area contributed by atoms with Crippen molar-refractivity contribution >= 4 is 34.6 Å². The van der Waals surface area contributed by atoms with E-state index >= 15 is 0 Å². The normalized spacial score (nSPS) is 12.0. The fourth-order valence-corrected chi connectivity index (χ4v) is 2.77. The van der Waals surface area contributed by atoms with Crippen LogP contribution in [0.3, 0.4) is 0 Å². The topological polar surface area (TPSA) is 27.3 Å². The van der Waals surface area contributed by atoms with Gasteiger partial charge in [0.15, 0.2) is 5.11 Å². The summed E-state index contributed by atoms with van der Waals surface area (Å²) in [5.41, 5.74) is 3.11. The van der Waals surface area contributed by atoms with Gasteiger partial charge in [0.25, 0.3) is 0 Å². The summed E-state index contributed by atoms with van der Waals surface area (Å²) in [5, 5.41) is 7.95. The number of thiocarbonyl (C=S) groups is 1. The van der Waals surface area contributed by atoms with E-state index in [1.54, 1.807) is 0 Å². The second kappa shape index (κ2) is 8.29. The first-order valence-corrected chi connectivity index (χ1v) is 8.28. The van der Waals surface area contributed by atoms with Gasteiger partial charge in [-0.3, -0.25) is 0 Å². The van der Waals surface area contributed by atoms with E-state index in [4.69, 9.17) is 23.8 Å². The maximum Gasteiger partial charge on any atom is 0.171 e. The van der Waals surface area contributed by atoms with Gasteiger partial charge in [-0.25, -0.2) is 0 Å². The number of halogens is 1. The Morgan fingerprint density at radius 1 is 1.13 bits per heavy atom. The Hall–Kier alpha value is -1.62. The van der Waals surface area contributed by atoms with E-state index in [1.807, 2.05) is 43.3 Å². The van der Waals surface area contributed by atoms with Gasteiger partial charge >= 0.3 is 0 Å². The standard InChI is InChI=1S/C18H22ClN3S/c1-13-15(19)10-7-11-16(13)20-18(23)21-17(12-22(2)3)14-8-5-4-6-9-14/h4-11,17H,12H2,1-3H3,(H2,20,21,23)/t17-/m1/s1. The second-order valence-corrected chi connectivity index (χ2v) is 6.55. The van der Waals surface area contributed by atoms with Crippen molar-refractivity contribution in [3.05, 3.63) is 64.7 Å². The van der Waals surface area contributed by atoms with Crippen molar-refractivity contribution in [2.45, 2.75) is 13.0 Å². The van der Waals surface area contributed by atoms with E-state index in [0.29, 0.717) is 5.11 Å². The molecule has 0 aliphatic rings. The molecule has 0 aliphatic heterocycles. The van der Waals surface area contributed by atoms with E-state index in [1.165, 1.54) is 5.56 Å². The van der Waals surface area contributed by atoms with Crippen molar-refractivity contribution in [3.63, 3.8) is 0 Å². The average molecular weight is 348 g/mol. The van der Waals surface area contributed by atoms with Crippen LogP contribution in [0.15, 0.2) is 48.5 Å². The molecule has 2 aromatic carbocycles. The van der Waals surface area contributed by atoms with E-state index in [-0.39, 0.29) is 6.04 Å². The van der Waals surface area contributed by atoms with Crippen molar-refractivity contribution in [2.24, 2.45) is 0 Å². The van der Waals surface area contributed by atoms with E-state index < -0.39 is 0 Å². The number of anilines is 1. The molecule has 0 saturated carbocycles. The van der Waals surface area contributed by atoms with Crippen molar-refractivity contribution in [2.75, 3.05) is 26.0 Å². The van der Waals surface area contributed by atoms with Gasteiger partial charge in [0, 0.05) is 17.3 Å². The highest BCUT2D eigenvalue weighted by Gasteiger charge is 2.14. The van der Waals surface area contributed by atoms with Gasteiger partial charge < -0.3 is 15.5 Å². The monoisotopic (exact) mass is 347 g/mol. The van der Waals surface area contributed by atoms with Crippen LogP contribution in [-0.2, 0) is 0 Å². The first-order chi connectivity index (χ1) is 11.0. The van der Waals surface area contributed by atoms with Crippen molar-refractivity contribution in [1.29, 1.82) is 0 Å². The summed E-state index contributed by atoms with van der Waals surface area (Å²) in [7, 11) is 4.10. The van der Waals surface area contributed by atoms with Gasteiger partial charge in [-0.15, -0.1) is 0 Å². The summed E-state index contributed by atoms with van der Waals surface area (Å²) in [6, 6.07) is 16.2. The van der Waals surface area contributed by atoms with Crippen LogP contribution in [0.2, 0.25) is 5.02 Å². The summed E-state index contributed by atoms with van der Waals surface area (Å²) in [6.07, 6.45) is 0. The van der Waals surface area contributed by atoms with Crippen molar-refractivity contribution < 1.29 is 0 Å². The number of hydrogen-bond acceptors (Lipinski definition) is 2. The van der Waals surface area contributed by atoms with Crippen molar-refractivity contribution in [3.8, 4) is 0 Å². The lowest BCUT2D eigenvalue weighted by molar-refractivity contribution is 0.363. The summed E-state index contributed by atoms with van der Waals surface area (Å²) in [6.45, 7) is 2.82.